The Morgan fingerprint density at radius 3 is 1.95 bits per heavy atom. The lowest BCUT2D eigenvalue weighted by Crippen LogP contribution is -2.36. The van der Waals surface area contributed by atoms with Gasteiger partial charge in [0.15, 0.2) is 0 Å². The predicted octanol–water partition coefficient (Wildman–Crippen LogP) is 4.82. The molecule has 3 N–H and O–H groups in total. The van der Waals surface area contributed by atoms with E-state index in [4.69, 9.17) is 5.73 Å². The molecule has 2 saturated carbocycles. The largest absolute Gasteiger partial charge is 0.392 e. The second-order valence-corrected chi connectivity index (χ2v) is 7.41. The third-order valence-corrected chi connectivity index (χ3v) is 5.66. The van der Waals surface area contributed by atoms with E-state index in [1.54, 1.807) is 0 Å². The smallest absolute Gasteiger partial charge is 0.0691 e. The molecule has 2 fully saturated rings. The van der Waals surface area contributed by atoms with E-state index < -0.39 is 0 Å². The van der Waals surface area contributed by atoms with Gasteiger partial charge in [-0.2, -0.15) is 0 Å². The fraction of sp³-hybridized carbons (Fsp3) is 1.00. The Balaban J connectivity index is 0.00000220. The molecule has 0 saturated heterocycles. The van der Waals surface area contributed by atoms with Gasteiger partial charge in [0, 0.05) is 6.04 Å². The molecule has 2 unspecified atom stereocenters. The second-order valence-electron chi connectivity index (χ2n) is 7.41. The van der Waals surface area contributed by atoms with Gasteiger partial charge in [0.05, 0.1) is 6.10 Å². The zero-order valence-corrected chi connectivity index (χ0v) is 14.5. The van der Waals surface area contributed by atoms with E-state index in [9.17, 15) is 5.11 Å². The SMILES string of the molecule is Cl.NC(CC1CCCCC1)C(O)CCCC1CCCCC1. The lowest BCUT2D eigenvalue weighted by atomic mass is 9.82. The van der Waals surface area contributed by atoms with Crippen molar-refractivity contribution in [3.05, 3.63) is 0 Å². The summed E-state index contributed by atoms with van der Waals surface area (Å²) in [5.41, 5.74) is 6.22. The minimum Gasteiger partial charge on any atom is -0.392 e. The first kappa shape index (κ1) is 19.3. The predicted molar refractivity (Wildman–Crippen MR) is 92.8 cm³/mol. The Bertz CT molecular complexity index is 250. The van der Waals surface area contributed by atoms with E-state index in [1.165, 1.54) is 77.0 Å². The molecule has 0 aromatic rings. The summed E-state index contributed by atoms with van der Waals surface area (Å²) in [7, 11) is 0. The molecular formula is C18H36ClNO. The average molecular weight is 318 g/mol. The zero-order chi connectivity index (χ0) is 14.2. The van der Waals surface area contributed by atoms with Gasteiger partial charge >= 0.3 is 0 Å². The van der Waals surface area contributed by atoms with Gasteiger partial charge in [-0.3, -0.25) is 0 Å². The summed E-state index contributed by atoms with van der Waals surface area (Å²) in [6.07, 6.45) is 18.1. The van der Waals surface area contributed by atoms with E-state index in [1.807, 2.05) is 0 Å². The van der Waals surface area contributed by atoms with Crippen LogP contribution in [0.1, 0.15) is 89.9 Å². The van der Waals surface area contributed by atoms with Gasteiger partial charge in [0.1, 0.15) is 0 Å². The average Bonchev–Trinajstić information content (AvgIpc) is 2.49. The highest BCUT2D eigenvalue weighted by Crippen LogP contribution is 2.30. The molecule has 0 aromatic heterocycles. The third-order valence-electron chi connectivity index (χ3n) is 5.66. The van der Waals surface area contributed by atoms with Crippen molar-refractivity contribution in [2.75, 3.05) is 0 Å². The van der Waals surface area contributed by atoms with Gasteiger partial charge < -0.3 is 10.8 Å². The standard InChI is InChI=1S/C18H35NO.ClH/c19-17(14-16-10-5-2-6-11-16)18(20)13-7-12-15-8-3-1-4-9-15;/h15-18,20H,1-14,19H2;1H. The summed E-state index contributed by atoms with van der Waals surface area (Å²) in [6, 6.07) is 0.0180. The number of nitrogens with two attached hydrogens (primary N) is 1. The van der Waals surface area contributed by atoms with Gasteiger partial charge in [-0.25, -0.2) is 0 Å². The fourth-order valence-electron chi connectivity index (χ4n) is 4.27. The number of aliphatic hydroxyl groups is 1. The molecule has 3 heteroatoms. The van der Waals surface area contributed by atoms with Gasteiger partial charge in [-0.15, -0.1) is 12.4 Å². The van der Waals surface area contributed by atoms with Crippen LogP contribution >= 0.6 is 12.4 Å². The molecule has 2 aliphatic rings. The van der Waals surface area contributed by atoms with Crippen LogP contribution < -0.4 is 5.73 Å². The molecule has 2 atom stereocenters. The summed E-state index contributed by atoms with van der Waals surface area (Å²) in [5.74, 6) is 1.72. The van der Waals surface area contributed by atoms with Crippen molar-refractivity contribution in [1.29, 1.82) is 0 Å². The molecule has 0 amide bonds. The maximum atomic E-state index is 10.3. The zero-order valence-electron chi connectivity index (χ0n) is 13.6. The fourth-order valence-corrected chi connectivity index (χ4v) is 4.27. The monoisotopic (exact) mass is 317 g/mol. The lowest BCUT2D eigenvalue weighted by Gasteiger charge is -2.27. The van der Waals surface area contributed by atoms with E-state index >= 15 is 0 Å². The van der Waals surface area contributed by atoms with Crippen LogP contribution in [0.5, 0.6) is 0 Å². The highest BCUT2D eigenvalue weighted by Gasteiger charge is 2.22. The molecule has 0 aromatic carbocycles. The van der Waals surface area contributed by atoms with Crippen LogP contribution in [0, 0.1) is 11.8 Å². The number of halogens is 1. The van der Waals surface area contributed by atoms with E-state index in [0.717, 1.165) is 24.7 Å². The van der Waals surface area contributed by atoms with E-state index in [2.05, 4.69) is 0 Å². The van der Waals surface area contributed by atoms with Crippen molar-refractivity contribution in [3.63, 3.8) is 0 Å². The molecule has 2 aliphatic carbocycles. The molecule has 0 heterocycles. The van der Waals surface area contributed by atoms with E-state index in [0.29, 0.717) is 0 Å². The third kappa shape index (κ3) is 7.34. The van der Waals surface area contributed by atoms with Crippen LogP contribution in [0.25, 0.3) is 0 Å². The molecule has 0 radical (unpaired) electrons. The second kappa shape index (κ2) is 10.9. The van der Waals surface area contributed by atoms with Gasteiger partial charge in [0.2, 0.25) is 0 Å². The molecule has 0 aliphatic heterocycles. The van der Waals surface area contributed by atoms with Gasteiger partial charge in [0.25, 0.3) is 0 Å². The van der Waals surface area contributed by atoms with Crippen LogP contribution in [0.3, 0.4) is 0 Å². The highest BCUT2D eigenvalue weighted by molar-refractivity contribution is 5.85. The summed E-state index contributed by atoms with van der Waals surface area (Å²) in [6.45, 7) is 0. The summed E-state index contributed by atoms with van der Waals surface area (Å²) in [4.78, 5) is 0. The van der Waals surface area contributed by atoms with Crippen molar-refractivity contribution in [1.82, 2.24) is 0 Å². The molecule has 2 nitrogen and oxygen atoms in total. The lowest BCUT2D eigenvalue weighted by molar-refractivity contribution is 0.113. The van der Waals surface area contributed by atoms with Crippen molar-refractivity contribution in [2.45, 2.75) is 102 Å². The van der Waals surface area contributed by atoms with Crippen molar-refractivity contribution < 1.29 is 5.11 Å². The van der Waals surface area contributed by atoms with Crippen LogP contribution in [-0.2, 0) is 0 Å². The molecular weight excluding hydrogens is 282 g/mol. The minimum atomic E-state index is -0.263. The molecule has 2 rings (SSSR count). The Kier molecular flexibility index (Phi) is 9.96. The quantitative estimate of drug-likeness (QED) is 0.707. The Morgan fingerprint density at radius 1 is 0.857 bits per heavy atom. The summed E-state index contributed by atoms with van der Waals surface area (Å²) in [5, 5.41) is 10.3. The first-order chi connectivity index (χ1) is 9.75. The number of hydrogen-bond acceptors (Lipinski definition) is 2. The van der Waals surface area contributed by atoms with Crippen molar-refractivity contribution in [3.8, 4) is 0 Å². The van der Waals surface area contributed by atoms with Crippen molar-refractivity contribution >= 4 is 12.4 Å². The first-order valence-corrected chi connectivity index (χ1v) is 9.19. The van der Waals surface area contributed by atoms with E-state index in [-0.39, 0.29) is 24.6 Å². The minimum absolute atomic E-state index is 0. The Labute approximate surface area is 137 Å². The molecule has 0 spiro atoms. The summed E-state index contributed by atoms with van der Waals surface area (Å²) < 4.78 is 0. The van der Waals surface area contributed by atoms with Crippen LogP contribution in [0.15, 0.2) is 0 Å². The van der Waals surface area contributed by atoms with Gasteiger partial charge in [-0.1, -0.05) is 77.0 Å². The van der Waals surface area contributed by atoms with Crippen LogP contribution in [0.2, 0.25) is 0 Å². The molecule has 126 valence electrons. The van der Waals surface area contributed by atoms with Crippen LogP contribution in [-0.4, -0.2) is 17.3 Å². The first-order valence-electron chi connectivity index (χ1n) is 9.19. The number of aliphatic hydroxyl groups excluding tert-OH is 1. The Hall–Kier alpha value is 0.210. The van der Waals surface area contributed by atoms with Crippen molar-refractivity contribution in [2.24, 2.45) is 17.6 Å². The Morgan fingerprint density at radius 2 is 1.38 bits per heavy atom. The highest BCUT2D eigenvalue weighted by atomic mass is 35.5. The maximum absolute atomic E-state index is 10.3. The topological polar surface area (TPSA) is 46.2 Å². The molecule has 0 bridgehead atoms. The summed E-state index contributed by atoms with van der Waals surface area (Å²) >= 11 is 0. The van der Waals surface area contributed by atoms with Gasteiger partial charge in [-0.05, 0) is 24.7 Å². The maximum Gasteiger partial charge on any atom is 0.0691 e. The molecule has 21 heavy (non-hydrogen) atoms. The number of rotatable bonds is 7. The number of hydrogen-bond donors (Lipinski definition) is 2. The van der Waals surface area contributed by atoms with Crippen LogP contribution in [0.4, 0.5) is 0 Å². The normalized spacial score (nSPS) is 24.3.